The molecule has 2 aromatic heterocycles. The second kappa shape index (κ2) is 9.96. The van der Waals surface area contributed by atoms with Crippen molar-refractivity contribution in [1.29, 1.82) is 0 Å². The van der Waals surface area contributed by atoms with Gasteiger partial charge in [-0.05, 0) is 60.9 Å². The fourth-order valence-electron chi connectivity index (χ4n) is 4.24. The highest BCUT2D eigenvalue weighted by atomic mass is 32.1. The number of furan rings is 1. The minimum Gasteiger partial charge on any atom is -0.459 e. The molecule has 1 aromatic carbocycles. The Kier molecular flexibility index (Phi) is 6.87. The van der Waals surface area contributed by atoms with Crippen molar-refractivity contribution in [3.8, 4) is 0 Å². The maximum atomic E-state index is 13.5. The van der Waals surface area contributed by atoms with Gasteiger partial charge < -0.3 is 14.6 Å². The maximum absolute atomic E-state index is 13.5. The van der Waals surface area contributed by atoms with Crippen LogP contribution < -0.4 is 5.32 Å². The summed E-state index contributed by atoms with van der Waals surface area (Å²) in [5, 5.41) is 5.15. The van der Waals surface area contributed by atoms with Gasteiger partial charge in [0, 0.05) is 17.5 Å². The minimum absolute atomic E-state index is 0.112. The third kappa shape index (κ3) is 5.07. The third-order valence-electron chi connectivity index (χ3n) is 5.95. The molecule has 0 spiro atoms. The number of amides is 2. The van der Waals surface area contributed by atoms with E-state index in [2.05, 4.69) is 24.4 Å². The molecule has 1 fully saturated rings. The van der Waals surface area contributed by atoms with E-state index in [9.17, 15) is 9.59 Å². The Labute approximate surface area is 187 Å². The molecule has 3 aromatic rings. The van der Waals surface area contributed by atoms with Crippen molar-refractivity contribution in [2.75, 3.05) is 6.54 Å². The van der Waals surface area contributed by atoms with Crippen LogP contribution in [0.4, 0.5) is 0 Å². The second-order valence-electron chi connectivity index (χ2n) is 8.06. The number of hydrogen-bond donors (Lipinski definition) is 1. The summed E-state index contributed by atoms with van der Waals surface area (Å²) in [7, 11) is 0. The van der Waals surface area contributed by atoms with Gasteiger partial charge in [0.05, 0.1) is 6.26 Å². The molecule has 0 bridgehead atoms. The van der Waals surface area contributed by atoms with Crippen LogP contribution in [0.5, 0.6) is 0 Å². The van der Waals surface area contributed by atoms with Gasteiger partial charge in [0.1, 0.15) is 6.04 Å². The number of nitrogens with zero attached hydrogens (tertiary/aromatic N) is 1. The van der Waals surface area contributed by atoms with Gasteiger partial charge in [0.25, 0.3) is 5.91 Å². The summed E-state index contributed by atoms with van der Waals surface area (Å²) in [4.78, 5) is 29.4. The second-order valence-corrected chi connectivity index (χ2v) is 9.04. The lowest BCUT2D eigenvalue weighted by Gasteiger charge is -2.31. The first-order chi connectivity index (χ1) is 15.1. The maximum Gasteiger partial charge on any atom is 0.290 e. The lowest BCUT2D eigenvalue weighted by molar-refractivity contribution is -0.126. The number of aryl methyl sites for hydroxylation is 1. The zero-order valence-electron chi connectivity index (χ0n) is 17.8. The normalized spacial score (nSPS) is 15.0. The van der Waals surface area contributed by atoms with Gasteiger partial charge in [-0.25, -0.2) is 0 Å². The first-order valence-electron chi connectivity index (χ1n) is 10.9. The molecule has 2 amide bonds. The van der Waals surface area contributed by atoms with E-state index in [4.69, 9.17) is 4.42 Å². The van der Waals surface area contributed by atoms with Gasteiger partial charge >= 0.3 is 0 Å². The summed E-state index contributed by atoms with van der Waals surface area (Å²) in [6.45, 7) is 2.49. The van der Waals surface area contributed by atoms with Crippen molar-refractivity contribution < 1.29 is 14.0 Å². The highest BCUT2D eigenvalue weighted by Crippen LogP contribution is 2.29. The lowest BCUT2D eigenvalue weighted by Crippen LogP contribution is -2.46. The number of carbonyl (C=O) groups excluding carboxylic acids is 2. The number of hydrogen-bond acceptors (Lipinski definition) is 4. The van der Waals surface area contributed by atoms with Gasteiger partial charge in [-0.15, -0.1) is 11.3 Å². The van der Waals surface area contributed by atoms with Crippen molar-refractivity contribution in [2.45, 2.75) is 51.1 Å². The molecule has 2 heterocycles. The Balaban J connectivity index is 1.64. The van der Waals surface area contributed by atoms with E-state index in [1.807, 2.05) is 29.6 Å². The Morgan fingerprint density at radius 2 is 1.94 bits per heavy atom. The summed E-state index contributed by atoms with van der Waals surface area (Å²) in [5.74, 6) is -0.127. The summed E-state index contributed by atoms with van der Waals surface area (Å²) >= 11 is 1.50. The van der Waals surface area contributed by atoms with Crippen LogP contribution in [-0.4, -0.2) is 29.3 Å². The summed E-state index contributed by atoms with van der Waals surface area (Å²) < 4.78 is 5.41. The van der Waals surface area contributed by atoms with E-state index in [1.165, 1.54) is 28.7 Å². The molecular formula is C25H28N2O3S. The van der Waals surface area contributed by atoms with E-state index in [1.54, 1.807) is 17.0 Å². The number of carbonyl (C=O) groups is 2. The fraction of sp³-hybridized carbons (Fsp3) is 0.360. The fourth-order valence-corrected chi connectivity index (χ4v) is 5.08. The Morgan fingerprint density at radius 3 is 2.61 bits per heavy atom. The monoisotopic (exact) mass is 436 g/mol. The molecule has 31 heavy (non-hydrogen) atoms. The first kappa shape index (κ1) is 21.4. The third-order valence-corrected chi connectivity index (χ3v) is 6.88. The van der Waals surface area contributed by atoms with E-state index in [0.29, 0.717) is 13.0 Å². The van der Waals surface area contributed by atoms with Crippen molar-refractivity contribution in [2.24, 2.45) is 0 Å². The van der Waals surface area contributed by atoms with Crippen LogP contribution in [0, 0.1) is 6.92 Å². The van der Waals surface area contributed by atoms with Crippen LogP contribution in [0.25, 0.3) is 0 Å². The lowest BCUT2D eigenvalue weighted by atomic mass is 10.0. The van der Waals surface area contributed by atoms with Crippen LogP contribution >= 0.6 is 11.3 Å². The highest BCUT2D eigenvalue weighted by Gasteiger charge is 2.35. The SMILES string of the molecule is Cc1ccccc1CCN(C(=O)c1ccco1)[C@@H](C(=O)NC1CCCC1)c1cccs1. The summed E-state index contributed by atoms with van der Waals surface area (Å²) in [5.41, 5.74) is 2.34. The molecule has 162 valence electrons. The number of thiophene rings is 1. The van der Waals surface area contributed by atoms with Gasteiger partial charge in [-0.3, -0.25) is 9.59 Å². The standard InChI is InChI=1S/C25H28N2O3S/c1-18-8-2-3-9-19(18)14-15-27(25(29)21-12-6-16-30-21)23(22-13-7-17-31-22)24(28)26-20-10-4-5-11-20/h2-3,6-9,12-13,16-17,20,23H,4-5,10-11,14-15H2,1H3,(H,26,28)/t23-/m1/s1. The molecule has 1 N–H and O–H groups in total. The zero-order valence-corrected chi connectivity index (χ0v) is 18.6. The molecule has 0 unspecified atom stereocenters. The van der Waals surface area contributed by atoms with Crippen LogP contribution in [0.2, 0.25) is 0 Å². The molecule has 1 aliphatic carbocycles. The molecule has 0 aliphatic heterocycles. The first-order valence-corrected chi connectivity index (χ1v) is 11.7. The molecule has 1 atom stereocenters. The quantitative estimate of drug-likeness (QED) is 0.532. The molecule has 4 rings (SSSR count). The van der Waals surface area contributed by atoms with Gasteiger partial charge in [0.2, 0.25) is 5.91 Å². The molecule has 5 nitrogen and oxygen atoms in total. The van der Waals surface area contributed by atoms with Crippen LogP contribution in [0.15, 0.2) is 64.6 Å². The van der Waals surface area contributed by atoms with Crippen LogP contribution in [0.3, 0.4) is 0 Å². The Morgan fingerprint density at radius 1 is 1.13 bits per heavy atom. The minimum atomic E-state index is -0.679. The Hall–Kier alpha value is -2.86. The van der Waals surface area contributed by atoms with E-state index < -0.39 is 6.04 Å². The van der Waals surface area contributed by atoms with E-state index in [0.717, 1.165) is 30.6 Å². The van der Waals surface area contributed by atoms with E-state index in [-0.39, 0.29) is 23.6 Å². The number of benzene rings is 1. The predicted molar refractivity (Wildman–Crippen MR) is 122 cm³/mol. The van der Waals surface area contributed by atoms with Gasteiger partial charge in [0.15, 0.2) is 5.76 Å². The molecule has 0 radical (unpaired) electrons. The van der Waals surface area contributed by atoms with Gasteiger partial charge in [-0.1, -0.05) is 43.2 Å². The smallest absolute Gasteiger partial charge is 0.290 e. The number of nitrogens with one attached hydrogen (secondary N) is 1. The average molecular weight is 437 g/mol. The highest BCUT2D eigenvalue weighted by molar-refractivity contribution is 7.10. The van der Waals surface area contributed by atoms with E-state index >= 15 is 0 Å². The van der Waals surface area contributed by atoms with Crippen molar-refractivity contribution >= 4 is 23.2 Å². The summed E-state index contributed by atoms with van der Waals surface area (Å²) in [6.07, 6.45) is 6.42. The van der Waals surface area contributed by atoms with Crippen LogP contribution in [-0.2, 0) is 11.2 Å². The zero-order chi connectivity index (χ0) is 21.6. The van der Waals surface area contributed by atoms with Crippen molar-refractivity contribution in [3.05, 3.63) is 81.9 Å². The molecule has 1 aliphatic rings. The molecular weight excluding hydrogens is 408 g/mol. The molecule has 1 saturated carbocycles. The Bertz CT molecular complexity index is 992. The van der Waals surface area contributed by atoms with Gasteiger partial charge in [-0.2, -0.15) is 0 Å². The largest absolute Gasteiger partial charge is 0.459 e. The average Bonchev–Trinajstić information content (AvgIpc) is 3.55. The molecule has 0 saturated heterocycles. The topological polar surface area (TPSA) is 62.6 Å². The molecule has 6 heteroatoms. The van der Waals surface area contributed by atoms with Crippen molar-refractivity contribution in [3.63, 3.8) is 0 Å². The van der Waals surface area contributed by atoms with Crippen molar-refractivity contribution in [1.82, 2.24) is 10.2 Å². The summed E-state index contributed by atoms with van der Waals surface area (Å²) in [6, 6.07) is 14.9. The van der Waals surface area contributed by atoms with Crippen LogP contribution in [0.1, 0.15) is 58.3 Å². The number of rotatable bonds is 8. The predicted octanol–water partition coefficient (Wildman–Crippen LogP) is 5.13.